The van der Waals surface area contributed by atoms with Gasteiger partial charge in [0.1, 0.15) is 11.6 Å². The van der Waals surface area contributed by atoms with Crippen molar-refractivity contribution in [1.82, 2.24) is 0 Å². The Kier molecular flexibility index (Phi) is 3.21. The van der Waals surface area contributed by atoms with Crippen molar-refractivity contribution in [3.63, 3.8) is 0 Å². The van der Waals surface area contributed by atoms with Gasteiger partial charge in [0.2, 0.25) is 0 Å². The fourth-order valence-corrected chi connectivity index (χ4v) is 1.40. The second-order valence-corrected chi connectivity index (χ2v) is 4.60. The molecule has 3 nitrogen and oxygen atoms in total. The Hall–Kier alpha value is -1.58. The van der Waals surface area contributed by atoms with Crippen LogP contribution in [0.1, 0.15) is 25.0 Å². The van der Waals surface area contributed by atoms with E-state index in [2.05, 4.69) is 0 Å². The molecule has 1 aromatic carbocycles. The van der Waals surface area contributed by atoms with E-state index < -0.39 is 17.2 Å². The van der Waals surface area contributed by atoms with Crippen LogP contribution in [0, 0.1) is 18.2 Å². The maximum Gasteiger partial charge on any atom is 0.309 e. The molecule has 0 saturated heterocycles. The van der Waals surface area contributed by atoms with E-state index in [0.717, 1.165) is 0 Å². The molecule has 0 bridgehead atoms. The van der Waals surface area contributed by atoms with Crippen LogP contribution < -0.4 is 0 Å². The molecule has 0 fully saturated rings. The summed E-state index contributed by atoms with van der Waals surface area (Å²) in [6.07, 6.45) is 0.0887. The lowest BCUT2D eigenvalue weighted by Crippen LogP contribution is -2.26. The first kappa shape index (κ1) is 12.5. The summed E-state index contributed by atoms with van der Waals surface area (Å²) in [7, 11) is 0. The normalized spacial score (nSPS) is 11.5. The Morgan fingerprint density at radius 1 is 1.44 bits per heavy atom. The van der Waals surface area contributed by atoms with Crippen molar-refractivity contribution < 1.29 is 19.4 Å². The summed E-state index contributed by atoms with van der Waals surface area (Å²) >= 11 is 0. The zero-order chi connectivity index (χ0) is 12.5. The van der Waals surface area contributed by atoms with E-state index in [9.17, 15) is 14.3 Å². The molecule has 0 aliphatic rings. The van der Waals surface area contributed by atoms with E-state index in [1.54, 1.807) is 6.92 Å². The molecule has 0 aliphatic carbocycles. The van der Waals surface area contributed by atoms with Gasteiger partial charge >= 0.3 is 5.97 Å². The summed E-state index contributed by atoms with van der Waals surface area (Å²) in [5, 5.41) is 18.5. The van der Waals surface area contributed by atoms with Crippen LogP contribution in [-0.2, 0) is 11.2 Å². The van der Waals surface area contributed by atoms with Crippen molar-refractivity contribution in [3.05, 3.63) is 29.1 Å². The molecule has 1 rings (SSSR count). The molecule has 0 unspecified atom stereocenters. The highest BCUT2D eigenvalue weighted by Crippen LogP contribution is 2.29. The van der Waals surface area contributed by atoms with Gasteiger partial charge in [-0.2, -0.15) is 0 Å². The summed E-state index contributed by atoms with van der Waals surface area (Å²) in [6, 6.07) is 2.50. The minimum absolute atomic E-state index is 0.0618. The maximum absolute atomic E-state index is 13.3. The molecule has 0 spiro atoms. The number of phenolic OH excluding ortho intramolecular Hbond substituents is 1. The van der Waals surface area contributed by atoms with Crippen molar-refractivity contribution in [3.8, 4) is 5.75 Å². The van der Waals surface area contributed by atoms with Gasteiger partial charge in [-0.15, -0.1) is 0 Å². The van der Waals surface area contributed by atoms with Crippen LogP contribution in [0.15, 0.2) is 12.1 Å². The lowest BCUT2D eigenvalue weighted by molar-refractivity contribution is -0.146. The van der Waals surface area contributed by atoms with Crippen LogP contribution in [0.4, 0.5) is 4.39 Å². The van der Waals surface area contributed by atoms with E-state index in [4.69, 9.17) is 5.11 Å². The lowest BCUT2D eigenvalue weighted by atomic mass is 9.85. The molecule has 0 heterocycles. The molecule has 4 heteroatoms. The molecule has 88 valence electrons. The van der Waals surface area contributed by atoms with Crippen molar-refractivity contribution in [1.29, 1.82) is 0 Å². The Labute approximate surface area is 93.5 Å². The van der Waals surface area contributed by atoms with Crippen molar-refractivity contribution >= 4 is 5.97 Å². The molecule has 0 amide bonds. The fourth-order valence-electron chi connectivity index (χ4n) is 1.40. The largest absolute Gasteiger partial charge is 0.508 e. The van der Waals surface area contributed by atoms with Gasteiger partial charge in [0, 0.05) is 0 Å². The Morgan fingerprint density at radius 3 is 2.50 bits per heavy atom. The molecule has 2 N–H and O–H groups in total. The zero-order valence-electron chi connectivity index (χ0n) is 9.54. The number of benzene rings is 1. The van der Waals surface area contributed by atoms with Gasteiger partial charge in [-0.25, -0.2) is 4.39 Å². The summed E-state index contributed by atoms with van der Waals surface area (Å²) < 4.78 is 13.3. The van der Waals surface area contributed by atoms with Crippen LogP contribution in [0.3, 0.4) is 0 Å². The average Bonchev–Trinajstić information content (AvgIpc) is 2.13. The quantitative estimate of drug-likeness (QED) is 0.832. The van der Waals surface area contributed by atoms with Crippen LogP contribution in [0.5, 0.6) is 5.75 Å². The topological polar surface area (TPSA) is 57.5 Å². The number of hydrogen-bond acceptors (Lipinski definition) is 2. The smallest absolute Gasteiger partial charge is 0.309 e. The van der Waals surface area contributed by atoms with Gasteiger partial charge in [-0.1, -0.05) is 0 Å². The zero-order valence-corrected chi connectivity index (χ0v) is 9.54. The summed E-state index contributed by atoms with van der Waals surface area (Å²) in [5.74, 6) is -1.48. The van der Waals surface area contributed by atoms with Gasteiger partial charge < -0.3 is 10.2 Å². The third kappa shape index (κ3) is 2.51. The third-order valence-electron chi connectivity index (χ3n) is 2.57. The highest BCUT2D eigenvalue weighted by atomic mass is 19.1. The highest BCUT2D eigenvalue weighted by molar-refractivity contribution is 5.74. The van der Waals surface area contributed by atoms with Crippen molar-refractivity contribution in [2.24, 2.45) is 5.41 Å². The second-order valence-electron chi connectivity index (χ2n) is 4.60. The van der Waals surface area contributed by atoms with Crippen molar-refractivity contribution in [2.75, 3.05) is 0 Å². The second kappa shape index (κ2) is 4.12. The SMILES string of the molecule is Cc1cc(O)c(CC(C)(C)C(=O)O)cc1F. The number of carbonyl (C=O) groups is 1. The summed E-state index contributed by atoms with van der Waals surface area (Å²) in [5.41, 5.74) is -0.371. The Bertz CT molecular complexity index is 425. The van der Waals surface area contributed by atoms with E-state index in [1.165, 1.54) is 26.0 Å². The number of carboxylic acid groups (broad SMARTS) is 1. The number of phenols is 1. The van der Waals surface area contributed by atoms with Gasteiger partial charge in [0.25, 0.3) is 0 Å². The first-order valence-corrected chi connectivity index (χ1v) is 4.95. The van der Waals surface area contributed by atoms with E-state index >= 15 is 0 Å². The first-order valence-electron chi connectivity index (χ1n) is 4.95. The number of aliphatic carboxylic acids is 1. The van der Waals surface area contributed by atoms with Crippen LogP contribution in [-0.4, -0.2) is 16.2 Å². The number of halogens is 1. The molecular weight excluding hydrogens is 211 g/mol. The minimum atomic E-state index is -1.03. The van der Waals surface area contributed by atoms with E-state index in [-0.39, 0.29) is 12.2 Å². The maximum atomic E-state index is 13.3. The van der Waals surface area contributed by atoms with Gasteiger partial charge in [0.15, 0.2) is 0 Å². The minimum Gasteiger partial charge on any atom is -0.508 e. The van der Waals surface area contributed by atoms with Crippen LogP contribution >= 0.6 is 0 Å². The molecular formula is C12H15FO3. The summed E-state index contributed by atoms with van der Waals surface area (Å²) in [4.78, 5) is 10.9. The Balaban J connectivity index is 3.07. The molecule has 0 aromatic heterocycles. The van der Waals surface area contributed by atoms with Gasteiger partial charge in [-0.05, 0) is 50.5 Å². The average molecular weight is 226 g/mol. The van der Waals surface area contributed by atoms with Crippen LogP contribution in [0.2, 0.25) is 0 Å². The molecule has 1 aromatic rings. The number of hydrogen-bond donors (Lipinski definition) is 2. The van der Waals surface area contributed by atoms with Crippen LogP contribution in [0.25, 0.3) is 0 Å². The van der Waals surface area contributed by atoms with Gasteiger partial charge in [-0.3, -0.25) is 4.79 Å². The fraction of sp³-hybridized carbons (Fsp3) is 0.417. The highest BCUT2D eigenvalue weighted by Gasteiger charge is 2.28. The first-order chi connectivity index (χ1) is 7.24. The number of aryl methyl sites for hydroxylation is 1. The third-order valence-corrected chi connectivity index (χ3v) is 2.57. The lowest BCUT2D eigenvalue weighted by Gasteiger charge is -2.19. The number of rotatable bonds is 3. The molecule has 16 heavy (non-hydrogen) atoms. The predicted molar refractivity (Wildman–Crippen MR) is 57.9 cm³/mol. The molecule has 0 atom stereocenters. The Morgan fingerprint density at radius 2 is 2.00 bits per heavy atom. The summed E-state index contributed by atoms with van der Waals surface area (Å²) in [6.45, 7) is 4.61. The van der Waals surface area contributed by atoms with Gasteiger partial charge in [0.05, 0.1) is 5.41 Å². The van der Waals surface area contributed by atoms with Crippen molar-refractivity contribution in [2.45, 2.75) is 27.2 Å². The molecule has 0 radical (unpaired) electrons. The number of aromatic hydroxyl groups is 1. The number of carboxylic acids is 1. The van der Waals surface area contributed by atoms with E-state index in [0.29, 0.717) is 11.1 Å². The molecule has 0 aliphatic heterocycles. The monoisotopic (exact) mass is 226 g/mol. The van der Waals surface area contributed by atoms with E-state index in [1.807, 2.05) is 0 Å². The predicted octanol–water partition coefficient (Wildman–Crippen LogP) is 2.49. The standard InChI is InChI=1S/C12H15FO3/c1-7-4-10(14)8(5-9(7)13)6-12(2,3)11(15)16/h4-5,14H,6H2,1-3H3,(H,15,16). The molecule has 0 saturated carbocycles.